The molecule has 0 aliphatic heterocycles. The summed E-state index contributed by atoms with van der Waals surface area (Å²) in [5, 5.41) is 9.07. The summed E-state index contributed by atoms with van der Waals surface area (Å²) in [5.74, 6) is 0.589. The van der Waals surface area contributed by atoms with Crippen LogP contribution >= 0.6 is 23.3 Å². The largest absolute Gasteiger partial charge is 0.391 e. The molecule has 0 saturated carbocycles. The summed E-state index contributed by atoms with van der Waals surface area (Å²) >= 11 is 2.80. The van der Waals surface area contributed by atoms with E-state index in [0.717, 1.165) is 4.34 Å². The number of nitrogens with zero attached hydrogens (tertiary/aromatic N) is 2. The minimum absolute atomic E-state index is 0.297. The van der Waals surface area contributed by atoms with E-state index in [1.54, 1.807) is 0 Å². The van der Waals surface area contributed by atoms with E-state index in [1.807, 2.05) is 0 Å². The number of aliphatic hydroxyl groups excluding tert-OH is 1. The smallest absolute Gasteiger partial charge is 0.169 e. The quantitative estimate of drug-likeness (QED) is 0.653. The Morgan fingerprint density at radius 2 is 2.64 bits per heavy atom. The Balaban J connectivity index is 2.23. The molecule has 11 heavy (non-hydrogen) atoms. The number of hydrogen-bond acceptors (Lipinski definition) is 6. The standard InChI is InChI=1S/C5H9N3OS2/c6-1-4(9)2-10-5-7-3-8-11-5/h3-4,9H,1-2,6H2/t4-/m1/s1. The van der Waals surface area contributed by atoms with Crippen molar-refractivity contribution >= 4 is 23.3 Å². The average Bonchev–Trinajstić information content (AvgIpc) is 2.52. The van der Waals surface area contributed by atoms with Crippen molar-refractivity contribution in [2.24, 2.45) is 5.73 Å². The first-order valence-electron chi connectivity index (χ1n) is 3.10. The molecule has 1 aromatic heterocycles. The maximum absolute atomic E-state index is 9.07. The van der Waals surface area contributed by atoms with Crippen LogP contribution in [-0.4, -0.2) is 32.9 Å². The van der Waals surface area contributed by atoms with Gasteiger partial charge in [0.05, 0.1) is 6.10 Å². The molecular formula is C5H9N3OS2. The summed E-state index contributed by atoms with van der Waals surface area (Å²) in [7, 11) is 0. The first-order chi connectivity index (χ1) is 5.33. The molecule has 1 heterocycles. The maximum atomic E-state index is 9.07. The second-order valence-corrected chi connectivity index (χ2v) is 3.95. The minimum Gasteiger partial charge on any atom is -0.391 e. The summed E-state index contributed by atoms with van der Waals surface area (Å²) in [6, 6.07) is 0. The molecule has 1 aromatic rings. The highest BCUT2D eigenvalue weighted by molar-refractivity contribution is 8.00. The van der Waals surface area contributed by atoms with Gasteiger partial charge in [-0.05, 0) is 11.5 Å². The third kappa shape index (κ3) is 3.15. The number of thioether (sulfide) groups is 1. The van der Waals surface area contributed by atoms with Crippen LogP contribution in [0.3, 0.4) is 0 Å². The van der Waals surface area contributed by atoms with Gasteiger partial charge in [-0.15, -0.1) is 0 Å². The molecule has 4 nitrogen and oxygen atoms in total. The van der Waals surface area contributed by atoms with Crippen LogP contribution in [0.5, 0.6) is 0 Å². The number of rotatable bonds is 4. The molecule has 0 spiro atoms. The Hall–Kier alpha value is -0.170. The van der Waals surface area contributed by atoms with Crippen molar-refractivity contribution in [2.45, 2.75) is 10.4 Å². The Labute approximate surface area is 73.0 Å². The van der Waals surface area contributed by atoms with Crippen LogP contribution in [0.4, 0.5) is 0 Å². The molecule has 1 rings (SSSR count). The second kappa shape index (κ2) is 4.66. The number of hydrogen-bond donors (Lipinski definition) is 2. The normalized spacial score (nSPS) is 13.3. The third-order valence-electron chi connectivity index (χ3n) is 1.01. The summed E-state index contributed by atoms with van der Waals surface area (Å²) < 4.78 is 4.70. The summed E-state index contributed by atoms with van der Waals surface area (Å²) in [5.41, 5.74) is 5.22. The lowest BCUT2D eigenvalue weighted by Crippen LogP contribution is -2.21. The molecular weight excluding hydrogens is 182 g/mol. The first-order valence-corrected chi connectivity index (χ1v) is 4.86. The van der Waals surface area contributed by atoms with Crippen LogP contribution in [0, 0.1) is 0 Å². The lowest BCUT2D eigenvalue weighted by molar-refractivity contribution is 0.208. The molecule has 0 unspecified atom stereocenters. The van der Waals surface area contributed by atoms with E-state index >= 15 is 0 Å². The van der Waals surface area contributed by atoms with E-state index in [4.69, 9.17) is 10.8 Å². The van der Waals surface area contributed by atoms with Gasteiger partial charge in [0.25, 0.3) is 0 Å². The molecule has 0 aliphatic rings. The Kier molecular flexibility index (Phi) is 3.78. The first kappa shape index (κ1) is 8.92. The highest BCUT2D eigenvalue weighted by Gasteiger charge is 2.03. The highest BCUT2D eigenvalue weighted by Crippen LogP contribution is 2.18. The number of aliphatic hydroxyl groups is 1. The SMILES string of the molecule is NC[C@@H](O)CSc1ncns1. The molecule has 3 N–H and O–H groups in total. The van der Waals surface area contributed by atoms with Gasteiger partial charge in [-0.25, -0.2) is 4.98 Å². The zero-order valence-corrected chi connectivity index (χ0v) is 7.44. The fraction of sp³-hybridized carbons (Fsp3) is 0.600. The van der Waals surface area contributed by atoms with Crippen molar-refractivity contribution < 1.29 is 5.11 Å². The van der Waals surface area contributed by atoms with Crippen molar-refractivity contribution in [3.05, 3.63) is 6.33 Å². The summed E-state index contributed by atoms with van der Waals surface area (Å²) in [6.45, 7) is 0.297. The second-order valence-electron chi connectivity index (χ2n) is 1.91. The Morgan fingerprint density at radius 3 is 3.18 bits per heavy atom. The van der Waals surface area contributed by atoms with Crippen LogP contribution in [0.1, 0.15) is 0 Å². The van der Waals surface area contributed by atoms with E-state index in [1.165, 1.54) is 29.6 Å². The average molecular weight is 191 g/mol. The monoisotopic (exact) mass is 191 g/mol. The van der Waals surface area contributed by atoms with Crippen molar-refractivity contribution in [1.29, 1.82) is 0 Å². The van der Waals surface area contributed by atoms with Crippen LogP contribution in [-0.2, 0) is 0 Å². The lowest BCUT2D eigenvalue weighted by atomic mass is 10.4. The molecule has 0 amide bonds. The van der Waals surface area contributed by atoms with Gasteiger partial charge in [-0.1, -0.05) is 11.8 Å². The molecule has 0 bridgehead atoms. The van der Waals surface area contributed by atoms with Gasteiger partial charge in [0.1, 0.15) is 6.33 Å². The molecule has 1 atom stereocenters. The van der Waals surface area contributed by atoms with Crippen molar-refractivity contribution in [1.82, 2.24) is 9.36 Å². The van der Waals surface area contributed by atoms with Crippen LogP contribution < -0.4 is 5.73 Å². The van der Waals surface area contributed by atoms with E-state index in [9.17, 15) is 0 Å². The lowest BCUT2D eigenvalue weighted by Gasteiger charge is -2.03. The molecule has 0 radical (unpaired) electrons. The maximum Gasteiger partial charge on any atom is 0.169 e. The highest BCUT2D eigenvalue weighted by atomic mass is 32.2. The fourth-order valence-corrected chi connectivity index (χ4v) is 1.88. The van der Waals surface area contributed by atoms with E-state index in [-0.39, 0.29) is 0 Å². The topological polar surface area (TPSA) is 72.0 Å². The van der Waals surface area contributed by atoms with Gasteiger partial charge in [0, 0.05) is 12.3 Å². The van der Waals surface area contributed by atoms with Crippen molar-refractivity contribution in [3.63, 3.8) is 0 Å². The van der Waals surface area contributed by atoms with E-state index in [0.29, 0.717) is 12.3 Å². The van der Waals surface area contributed by atoms with Gasteiger partial charge in [-0.3, -0.25) is 0 Å². The van der Waals surface area contributed by atoms with Gasteiger partial charge < -0.3 is 10.8 Å². The number of nitrogens with two attached hydrogens (primary N) is 1. The molecule has 6 heteroatoms. The fourth-order valence-electron chi connectivity index (χ4n) is 0.462. The summed E-state index contributed by atoms with van der Waals surface area (Å²) in [4.78, 5) is 3.94. The molecule has 0 fully saturated rings. The molecule has 0 saturated heterocycles. The van der Waals surface area contributed by atoms with Gasteiger partial charge in [-0.2, -0.15) is 4.37 Å². The van der Waals surface area contributed by atoms with E-state index in [2.05, 4.69) is 9.36 Å². The molecule has 0 aromatic carbocycles. The zero-order valence-electron chi connectivity index (χ0n) is 5.80. The van der Waals surface area contributed by atoms with E-state index < -0.39 is 6.10 Å². The summed E-state index contributed by atoms with van der Waals surface area (Å²) in [6.07, 6.45) is 1.06. The van der Waals surface area contributed by atoms with Crippen LogP contribution in [0.15, 0.2) is 10.7 Å². The van der Waals surface area contributed by atoms with Gasteiger partial charge in [0.2, 0.25) is 0 Å². The van der Waals surface area contributed by atoms with Crippen molar-refractivity contribution in [2.75, 3.05) is 12.3 Å². The predicted octanol–water partition coefficient (Wildman–Crippen LogP) is -0.0502. The predicted molar refractivity (Wildman–Crippen MR) is 45.7 cm³/mol. The van der Waals surface area contributed by atoms with Gasteiger partial charge >= 0.3 is 0 Å². The number of aromatic nitrogens is 2. The van der Waals surface area contributed by atoms with Crippen molar-refractivity contribution in [3.8, 4) is 0 Å². The van der Waals surface area contributed by atoms with Crippen LogP contribution in [0.2, 0.25) is 0 Å². The third-order valence-corrected chi connectivity index (χ3v) is 2.95. The minimum atomic E-state index is -0.441. The Bertz CT molecular complexity index is 192. The molecule has 62 valence electrons. The van der Waals surface area contributed by atoms with Crippen LogP contribution in [0.25, 0.3) is 0 Å². The zero-order chi connectivity index (χ0) is 8.10. The van der Waals surface area contributed by atoms with Gasteiger partial charge in [0.15, 0.2) is 4.34 Å². The molecule has 0 aliphatic carbocycles. The Morgan fingerprint density at radius 1 is 1.82 bits per heavy atom.